The van der Waals surface area contributed by atoms with Gasteiger partial charge in [-0.25, -0.2) is 9.97 Å². The molecule has 1 aromatic rings. The van der Waals surface area contributed by atoms with Gasteiger partial charge in [0.15, 0.2) is 5.75 Å². The Kier molecular flexibility index (Phi) is 3.34. The SMILES string of the molecule is COc1cnc(NCC2CCCN2)nc1. The zero-order chi connectivity index (χ0) is 10.5. The second-order valence-electron chi connectivity index (χ2n) is 3.62. The molecule has 1 unspecified atom stereocenters. The van der Waals surface area contributed by atoms with E-state index in [1.165, 1.54) is 12.8 Å². The third-order valence-electron chi connectivity index (χ3n) is 2.53. The molecule has 1 aliphatic rings. The van der Waals surface area contributed by atoms with E-state index < -0.39 is 0 Å². The minimum absolute atomic E-state index is 0.552. The van der Waals surface area contributed by atoms with E-state index in [1.807, 2.05) is 0 Å². The molecule has 0 saturated carbocycles. The van der Waals surface area contributed by atoms with E-state index in [0.717, 1.165) is 13.1 Å². The van der Waals surface area contributed by atoms with Crippen molar-refractivity contribution in [3.05, 3.63) is 12.4 Å². The Morgan fingerprint density at radius 2 is 2.33 bits per heavy atom. The highest BCUT2D eigenvalue weighted by atomic mass is 16.5. The Balaban J connectivity index is 1.82. The summed E-state index contributed by atoms with van der Waals surface area (Å²) in [6, 6.07) is 0.552. The Morgan fingerprint density at radius 1 is 1.53 bits per heavy atom. The highest BCUT2D eigenvalue weighted by molar-refractivity contribution is 5.27. The monoisotopic (exact) mass is 208 g/mol. The lowest BCUT2D eigenvalue weighted by molar-refractivity contribution is 0.411. The van der Waals surface area contributed by atoms with Crippen molar-refractivity contribution in [1.82, 2.24) is 15.3 Å². The zero-order valence-corrected chi connectivity index (χ0v) is 8.86. The number of anilines is 1. The van der Waals surface area contributed by atoms with Crippen LogP contribution in [0.4, 0.5) is 5.95 Å². The molecular formula is C10H16N4O. The van der Waals surface area contributed by atoms with Gasteiger partial charge in [0.2, 0.25) is 5.95 Å². The minimum Gasteiger partial charge on any atom is -0.494 e. The third kappa shape index (κ3) is 2.79. The summed E-state index contributed by atoms with van der Waals surface area (Å²) in [6.45, 7) is 2.00. The number of nitrogens with zero attached hydrogens (tertiary/aromatic N) is 2. The molecule has 2 N–H and O–H groups in total. The lowest BCUT2D eigenvalue weighted by atomic mass is 10.2. The standard InChI is InChI=1S/C10H16N4O/c1-15-9-6-13-10(14-7-9)12-5-8-3-2-4-11-8/h6-8,11H,2-5H2,1H3,(H,12,13,14). The number of aromatic nitrogens is 2. The molecular weight excluding hydrogens is 192 g/mol. The van der Waals surface area contributed by atoms with E-state index in [2.05, 4.69) is 20.6 Å². The smallest absolute Gasteiger partial charge is 0.222 e. The first kappa shape index (κ1) is 10.2. The van der Waals surface area contributed by atoms with E-state index in [9.17, 15) is 0 Å². The average Bonchev–Trinajstić information content (AvgIpc) is 2.80. The first-order chi connectivity index (χ1) is 7.38. The van der Waals surface area contributed by atoms with Crippen molar-refractivity contribution < 1.29 is 4.74 Å². The quantitative estimate of drug-likeness (QED) is 0.760. The van der Waals surface area contributed by atoms with Gasteiger partial charge in [0.1, 0.15) is 0 Å². The van der Waals surface area contributed by atoms with Crippen LogP contribution >= 0.6 is 0 Å². The lowest BCUT2D eigenvalue weighted by Crippen LogP contribution is -2.29. The number of hydrogen-bond acceptors (Lipinski definition) is 5. The topological polar surface area (TPSA) is 59.1 Å². The molecule has 0 radical (unpaired) electrons. The first-order valence-corrected chi connectivity index (χ1v) is 5.22. The van der Waals surface area contributed by atoms with Crippen LogP contribution in [0.1, 0.15) is 12.8 Å². The summed E-state index contributed by atoms with van der Waals surface area (Å²) < 4.78 is 4.98. The van der Waals surface area contributed by atoms with Crippen molar-refractivity contribution in [2.75, 3.05) is 25.5 Å². The number of ether oxygens (including phenoxy) is 1. The van der Waals surface area contributed by atoms with Gasteiger partial charge in [0.25, 0.3) is 0 Å². The molecule has 1 saturated heterocycles. The van der Waals surface area contributed by atoms with Gasteiger partial charge in [0, 0.05) is 12.6 Å². The molecule has 82 valence electrons. The molecule has 0 spiro atoms. The van der Waals surface area contributed by atoms with Crippen LogP contribution in [0.5, 0.6) is 5.75 Å². The average molecular weight is 208 g/mol. The molecule has 1 fully saturated rings. The predicted octanol–water partition coefficient (Wildman–Crippen LogP) is 0.649. The molecule has 1 aromatic heterocycles. The Labute approximate surface area is 89.3 Å². The van der Waals surface area contributed by atoms with Gasteiger partial charge in [-0.2, -0.15) is 0 Å². The zero-order valence-electron chi connectivity index (χ0n) is 8.86. The number of methoxy groups -OCH3 is 1. The highest BCUT2D eigenvalue weighted by Crippen LogP contribution is 2.09. The second kappa shape index (κ2) is 4.93. The highest BCUT2D eigenvalue weighted by Gasteiger charge is 2.13. The molecule has 5 nitrogen and oxygen atoms in total. The van der Waals surface area contributed by atoms with Crippen molar-refractivity contribution in [2.24, 2.45) is 0 Å². The van der Waals surface area contributed by atoms with Gasteiger partial charge >= 0.3 is 0 Å². The molecule has 1 atom stereocenters. The summed E-state index contributed by atoms with van der Waals surface area (Å²) in [5, 5.41) is 6.60. The maximum atomic E-state index is 4.98. The predicted molar refractivity (Wildman–Crippen MR) is 58.1 cm³/mol. The largest absolute Gasteiger partial charge is 0.494 e. The Morgan fingerprint density at radius 3 is 2.93 bits per heavy atom. The van der Waals surface area contributed by atoms with Gasteiger partial charge in [-0.05, 0) is 19.4 Å². The summed E-state index contributed by atoms with van der Waals surface area (Å²) in [5.41, 5.74) is 0. The van der Waals surface area contributed by atoms with Gasteiger partial charge in [-0.15, -0.1) is 0 Å². The summed E-state index contributed by atoms with van der Waals surface area (Å²) in [6.07, 6.45) is 5.81. The third-order valence-corrected chi connectivity index (χ3v) is 2.53. The van der Waals surface area contributed by atoms with Crippen molar-refractivity contribution in [1.29, 1.82) is 0 Å². The van der Waals surface area contributed by atoms with E-state index >= 15 is 0 Å². The van der Waals surface area contributed by atoms with Crippen LogP contribution in [-0.2, 0) is 0 Å². The summed E-state index contributed by atoms with van der Waals surface area (Å²) in [5.74, 6) is 1.34. The van der Waals surface area contributed by atoms with E-state index in [-0.39, 0.29) is 0 Å². The van der Waals surface area contributed by atoms with Crippen molar-refractivity contribution >= 4 is 5.95 Å². The molecule has 15 heavy (non-hydrogen) atoms. The van der Waals surface area contributed by atoms with E-state index in [0.29, 0.717) is 17.7 Å². The van der Waals surface area contributed by atoms with Gasteiger partial charge in [-0.1, -0.05) is 0 Å². The normalized spacial score (nSPS) is 20.2. The van der Waals surface area contributed by atoms with E-state index in [1.54, 1.807) is 19.5 Å². The second-order valence-corrected chi connectivity index (χ2v) is 3.62. The van der Waals surface area contributed by atoms with E-state index in [4.69, 9.17) is 4.74 Å². The number of hydrogen-bond donors (Lipinski definition) is 2. The maximum Gasteiger partial charge on any atom is 0.222 e. The molecule has 0 bridgehead atoms. The Bertz CT molecular complexity index is 295. The van der Waals surface area contributed by atoms with Crippen LogP contribution in [0.3, 0.4) is 0 Å². The molecule has 0 aromatic carbocycles. The van der Waals surface area contributed by atoms with Crippen LogP contribution < -0.4 is 15.4 Å². The van der Waals surface area contributed by atoms with Crippen LogP contribution in [0.25, 0.3) is 0 Å². The minimum atomic E-state index is 0.552. The fraction of sp³-hybridized carbons (Fsp3) is 0.600. The summed E-state index contributed by atoms with van der Waals surface area (Å²) >= 11 is 0. The van der Waals surface area contributed by atoms with Crippen LogP contribution in [-0.4, -0.2) is 36.2 Å². The van der Waals surface area contributed by atoms with Crippen molar-refractivity contribution in [3.8, 4) is 5.75 Å². The molecule has 5 heteroatoms. The van der Waals surface area contributed by atoms with Gasteiger partial charge < -0.3 is 15.4 Å². The molecule has 2 heterocycles. The molecule has 0 amide bonds. The lowest BCUT2D eigenvalue weighted by Gasteiger charge is -2.11. The number of nitrogens with one attached hydrogen (secondary N) is 2. The maximum absolute atomic E-state index is 4.98. The molecule has 1 aliphatic heterocycles. The van der Waals surface area contributed by atoms with Crippen LogP contribution in [0, 0.1) is 0 Å². The molecule has 2 rings (SSSR count). The van der Waals surface area contributed by atoms with Gasteiger partial charge in [0.05, 0.1) is 19.5 Å². The summed E-state index contributed by atoms with van der Waals surface area (Å²) in [7, 11) is 1.61. The van der Waals surface area contributed by atoms with Crippen molar-refractivity contribution in [2.45, 2.75) is 18.9 Å². The fourth-order valence-corrected chi connectivity index (χ4v) is 1.66. The van der Waals surface area contributed by atoms with Crippen LogP contribution in [0.2, 0.25) is 0 Å². The number of rotatable bonds is 4. The Hall–Kier alpha value is -1.36. The first-order valence-electron chi connectivity index (χ1n) is 5.22. The fourth-order valence-electron chi connectivity index (χ4n) is 1.66. The molecule has 0 aliphatic carbocycles. The van der Waals surface area contributed by atoms with Crippen LogP contribution in [0.15, 0.2) is 12.4 Å². The van der Waals surface area contributed by atoms with Gasteiger partial charge in [-0.3, -0.25) is 0 Å². The van der Waals surface area contributed by atoms with Crippen molar-refractivity contribution in [3.63, 3.8) is 0 Å². The summed E-state index contributed by atoms with van der Waals surface area (Å²) in [4.78, 5) is 8.27.